The number of halogens is 2. The lowest BCUT2D eigenvalue weighted by atomic mass is 10.1. The Morgan fingerprint density at radius 3 is 2.43 bits per heavy atom. The first-order valence-corrected chi connectivity index (χ1v) is 7.38. The number of ether oxygens (including phenoxy) is 1. The summed E-state index contributed by atoms with van der Waals surface area (Å²) in [5, 5.41) is 2.73. The van der Waals surface area contributed by atoms with Gasteiger partial charge in [-0.3, -0.25) is 4.79 Å². The van der Waals surface area contributed by atoms with Crippen LogP contribution in [-0.2, 0) is 16.1 Å². The number of hydrogen-bond acceptors (Lipinski definition) is 2. The predicted molar refractivity (Wildman–Crippen MR) is 83.6 cm³/mol. The summed E-state index contributed by atoms with van der Waals surface area (Å²) in [6.45, 7) is 3.68. The number of rotatable bonds is 6. The van der Waals surface area contributed by atoms with Gasteiger partial charge in [0.05, 0.1) is 12.6 Å². The second kappa shape index (κ2) is 7.83. The van der Waals surface area contributed by atoms with Crippen molar-refractivity contribution in [3.63, 3.8) is 0 Å². The summed E-state index contributed by atoms with van der Waals surface area (Å²) in [4.78, 5) is 12.1. The maximum Gasteiger partial charge on any atom is 0.249 e. The van der Waals surface area contributed by atoms with Crippen LogP contribution in [0.15, 0.2) is 48.5 Å². The van der Waals surface area contributed by atoms with Crippen molar-refractivity contribution < 1.29 is 18.3 Å². The van der Waals surface area contributed by atoms with Gasteiger partial charge < -0.3 is 10.1 Å². The highest BCUT2D eigenvalue weighted by Gasteiger charge is 2.17. The Hall–Kier alpha value is -2.27. The Labute approximate surface area is 134 Å². The van der Waals surface area contributed by atoms with Gasteiger partial charge in [-0.05, 0) is 37.1 Å². The van der Waals surface area contributed by atoms with E-state index in [1.54, 1.807) is 13.8 Å². The van der Waals surface area contributed by atoms with E-state index in [4.69, 9.17) is 4.74 Å². The van der Waals surface area contributed by atoms with E-state index in [2.05, 4.69) is 5.32 Å². The maximum atomic E-state index is 13.2. The van der Waals surface area contributed by atoms with Gasteiger partial charge in [-0.2, -0.15) is 0 Å². The highest BCUT2D eigenvalue weighted by atomic mass is 19.2. The number of benzene rings is 2. The van der Waals surface area contributed by atoms with Crippen LogP contribution in [-0.4, -0.2) is 12.0 Å². The summed E-state index contributed by atoms with van der Waals surface area (Å²) in [5.74, 6) is -2.15. The molecule has 0 aliphatic carbocycles. The summed E-state index contributed by atoms with van der Waals surface area (Å²) >= 11 is 0. The fourth-order valence-electron chi connectivity index (χ4n) is 2.07. The number of carbonyl (C=O) groups excluding carboxylic acids is 1. The molecule has 2 rings (SSSR count). The van der Waals surface area contributed by atoms with Crippen molar-refractivity contribution in [2.45, 2.75) is 32.6 Å². The molecule has 0 heterocycles. The maximum absolute atomic E-state index is 13.2. The van der Waals surface area contributed by atoms with Gasteiger partial charge in [0.25, 0.3) is 0 Å². The van der Waals surface area contributed by atoms with E-state index in [0.717, 1.165) is 17.7 Å². The molecule has 0 aliphatic heterocycles. The summed E-state index contributed by atoms with van der Waals surface area (Å²) < 4.78 is 31.7. The molecule has 1 amide bonds. The first-order valence-electron chi connectivity index (χ1n) is 7.38. The summed E-state index contributed by atoms with van der Waals surface area (Å²) in [7, 11) is 0. The number of amides is 1. The van der Waals surface area contributed by atoms with E-state index < -0.39 is 23.8 Å². The Morgan fingerprint density at radius 2 is 1.78 bits per heavy atom. The molecule has 2 aromatic carbocycles. The van der Waals surface area contributed by atoms with Crippen LogP contribution in [0, 0.1) is 11.6 Å². The SMILES string of the molecule is CC(OCc1ccccc1)C(=O)NC(C)c1ccc(F)c(F)c1. The topological polar surface area (TPSA) is 38.3 Å². The van der Waals surface area contributed by atoms with Crippen molar-refractivity contribution in [2.75, 3.05) is 0 Å². The first-order chi connectivity index (χ1) is 11.0. The molecule has 1 N–H and O–H groups in total. The van der Waals surface area contributed by atoms with E-state index in [0.29, 0.717) is 12.2 Å². The average Bonchev–Trinajstić information content (AvgIpc) is 2.55. The largest absolute Gasteiger partial charge is 0.364 e. The normalized spacial score (nSPS) is 13.4. The zero-order valence-corrected chi connectivity index (χ0v) is 13.1. The summed E-state index contributed by atoms with van der Waals surface area (Å²) in [6, 6.07) is 12.6. The van der Waals surface area contributed by atoms with Crippen molar-refractivity contribution in [3.05, 3.63) is 71.3 Å². The Bertz CT molecular complexity index is 661. The highest BCUT2D eigenvalue weighted by molar-refractivity contribution is 5.80. The minimum Gasteiger partial charge on any atom is -0.364 e. The standard InChI is InChI=1S/C18H19F2NO2/c1-12(15-8-9-16(19)17(20)10-15)21-18(22)13(2)23-11-14-6-4-3-5-7-14/h3-10,12-13H,11H2,1-2H3,(H,21,22). The molecule has 0 spiro atoms. The Balaban J connectivity index is 1.88. The van der Waals surface area contributed by atoms with Crippen LogP contribution < -0.4 is 5.32 Å². The third kappa shape index (κ3) is 4.86. The third-order valence-electron chi connectivity index (χ3n) is 3.51. The fourth-order valence-corrected chi connectivity index (χ4v) is 2.07. The molecule has 3 nitrogen and oxygen atoms in total. The molecule has 0 fully saturated rings. The van der Waals surface area contributed by atoms with Crippen LogP contribution in [0.5, 0.6) is 0 Å². The van der Waals surface area contributed by atoms with Gasteiger partial charge in [0.2, 0.25) is 5.91 Å². The number of hydrogen-bond donors (Lipinski definition) is 1. The molecule has 0 saturated heterocycles. The second-order valence-electron chi connectivity index (χ2n) is 5.34. The molecule has 2 atom stereocenters. The second-order valence-corrected chi connectivity index (χ2v) is 5.34. The number of carbonyl (C=O) groups is 1. The van der Waals surface area contributed by atoms with Gasteiger partial charge in [-0.15, -0.1) is 0 Å². The van der Waals surface area contributed by atoms with Crippen molar-refractivity contribution in [1.29, 1.82) is 0 Å². The fraction of sp³-hybridized carbons (Fsp3) is 0.278. The van der Waals surface area contributed by atoms with Gasteiger partial charge in [0.1, 0.15) is 6.10 Å². The Morgan fingerprint density at radius 1 is 1.09 bits per heavy atom. The Kier molecular flexibility index (Phi) is 5.82. The molecule has 2 aromatic rings. The van der Waals surface area contributed by atoms with Crippen LogP contribution in [0.4, 0.5) is 8.78 Å². The molecular formula is C18H19F2NO2. The molecule has 0 aromatic heterocycles. The summed E-state index contributed by atoms with van der Waals surface area (Å²) in [6.07, 6.45) is -0.650. The predicted octanol–water partition coefficient (Wildman–Crippen LogP) is 3.75. The molecule has 0 aliphatic rings. The first kappa shape index (κ1) is 17.1. The van der Waals surface area contributed by atoms with Gasteiger partial charge in [-0.1, -0.05) is 36.4 Å². The van der Waals surface area contributed by atoms with Gasteiger partial charge in [0.15, 0.2) is 11.6 Å². The lowest BCUT2D eigenvalue weighted by molar-refractivity contribution is -0.133. The zero-order valence-electron chi connectivity index (χ0n) is 13.1. The van der Waals surface area contributed by atoms with E-state index in [1.165, 1.54) is 6.07 Å². The summed E-state index contributed by atoms with van der Waals surface area (Å²) in [5.41, 5.74) is 1.47. The zero-order chi connectivity index (χ0) is 16.8. The van der Waals surface area contributed by atoms with Crippen LogP contribution in [0.1, 0.15) is 31.0 Å². The van der Waals surface area contributed by atoms with Crippen LogP contribution in [0.25, 0.3) is 0 Å². The van der Waals surface area contributed by atoms with Gasteiger partial charge in [0, 0.05) is 0 Å². The molecule has 0 bridgehead atoms. The average molecular weight is 319 g/mol. The van der Waals surface area contributed by atoms with Crippen LogP contribution in [0.3, 0.4) is 0 Å². The van der Waals surface area contributed by atoms with E-state index in [-0.39, 0.29) is 5.91 Å². The molecule has 2 unspecified atom stereocenters. The van der Waals surface area contributed by atoms with Crippen molar-refractivity contribution in [2.24, 2.45) is 0 Å². The number of nitrogens with one attached hydrogen (secondary N) is 1. The lowest BCUT2D eigenvalue weighted by Crippen LogP contribution is -2.36. The third-order valence-corrected chi connectivity index (χ3v) is 3.51. The van der Waals surface area contributed by atoms with Gasteiger partial charge >= 0.3 is 0 Å². The minimum absolute atomic E-state index is 0.307. The van der Waals surface area contributed by atoms with Gasteiger partial charge in [-0.25, -0.2) is 8.78 Å². The minimum atomic E-state index is -0.933. The van der Waals surface area contributed by atoms with Crippen molar-refractivity contribution >= 4 is 5.91 Å². The smallest absolute Gasteiger partial charge is 0.249 e. The van der Waals surface area contributed by atoms with E-state index >= 15 is 0 Å². The highest BCUT2D eigenvalue weighted by Crippen LogP contribution is 2.16. The van der Waals surface area contributed by atoms with E-state index in [9.17, 15) is 13.6 Å². The quantitative estimate of drug-likeness (QED) is 0.880. The van der Waals surface area contributed by atoms with Crippen LogP contribution in [0.2, 0.25) is 0 Å². The molecule has 23 heavy (non-hydrogen) atoms. The monoisotopic (exact) mass is 319 g/mol. The molecule has 0 saturated carbocycles. The lowest BCUT2D eigenvalue weighted by Gasteiger charge is -2.18. The molecular weight excluding hydrogens is 300 g/mol. The molecule has 122 valence electrons. The van der Waals surface area contributed by atoms with Crippen LogP contribution >= 0.6 is 0 Å². The molecule has 5 heteroatoms. The molecule has 0 radical (unpaired) electrons. The van der Waals surface area contributed by atoms with Crippen molar-refractivity contribution in [1.82, 2.24) is 5.32 Å². The van der Waals surface area contributed by atoms with Crippen molar-refractivity contribution in [3.8, 4) is 0 Å². The van der Waals surface area contributed by atoms with E-state index in [1.807, 2.05) is 30.3 Å².